The van der Waals surface area contributed by atoms with Crippen molar-refractivity contribution >= 4 is 9.84 Å². The van der Waals surface area contributed by atoms with Gasteiger partial charge in [0.1, 0.15) is 0 Å². The highest BCUT2D eigenvalue weighted by Crippen LogP contribution is 2.20. The van der Waals surface area contributed by atoms with Crippen LogP contribution in [0.4, 0.5) is 0 Å². The topological polar surface area (TPSA) is 77.3 Å². The van der Waals surface area contributed by atoms with Crippen LogP contribution in [0.15, 0.2) is 23.1 Å². The van der Waals surface area contributed by atoms with E-state index in [0.29, 0.717) is 11.1 Å². The van der Waals surface area contributed by atoms with E-state index in [4.69, 9.17) is 0 Å². The molecule has 0 aliphatic heterocycles. The lowest BCUT2D eigenvalue weighted by atomic mass is 10.2. The van der Waals surface area contributed by atoms with Crippen LogP contribution < -0.4 is 0 Å². The third-order valence-corrected chi connectivity index (χ3v) is 3.81. The summed E-state index contributed by atoms with van der Waals surface area (Å²) in [7, 11) is -3.82. The minimum Gasteiger partial charge on any atom is -0.263 e. The van der Waals surface area contributed by atoms with Crippen molar-refractivity contribution in [2.45, 2.75) is 18.7 Å². The Morgan fingerprint density at radius 1 is 1.27 bits per heavy atom. The molecule has 0 amide bonds. The molecule has 0 bridgehead atoms. The number of aryl methyl sites for hydroxylation is 2. The Hall–Kier alpha value is -1.43. The molecule has 0 radical (unpaired) electrons. The van der Waals surface area contributed by atoms with Crippen molar-refractivity contribution in [1.29, 1.82) is 0 Å². The molecule has 15 heavy (non-hydrogen) atoms. The highest BCUT2D eigenvalue weighted by Gasteiger charge is 2.24. The number of sulfone groups is 1. The molecular formula is C9H11NO4S. The molecule has 0 saturated carbocycles. The minimum absolute atomic E-state index is 0.0710. The maximum absolute atomic E-state index is 11.6. The molecule has 0 spiro atoms. The molecular weight excluding hydrogens is 218 g/mol. The fourth-order valence-corrected chi connectivity index (χ4v) is 3.02. The van der Waals surface area contributed by atoms with E-state index < -0.39 is 20.6 Å². The number of benzene rings is 1. The standard InChI is InChI=1S/C9H11NO4S/c1-7-4-3-5-8(2)9(7)15(13,14)6-10(11)12/h3-5H,6H2,1-2H3. The Morgan fingerprint density at radius 3 is 2.13 bits per heavy atom. The van der Waals surface area contributed by atoms with Crippen molar-refractivity contribution in [2.24, 2.45) is 0 Å². The average Bonchev–Trinajstić information content (AvgIpc) is 1.99. The zero-order chi connectivity index (χ0) is 11.6. The van der Waals surface area contributed by atoms with Gasteiger partial charge in [0.2, 0.25) is 9.84 Å². The molecule has 0 aromatic heterocycles. The quantitative estimate of drug-likeness (QED) is 0.578. The van der Waals surface area contributed by atoms with Crippen LogP contribution in [0.2, 0.25) is 0 Å². The van der Waals surface area contributed by atoms with Crippen LogP contribution in [0.1, 0.15) is 11.1 Å². The number of nitrogens with zero attached hydrogens (tertiary/aromatic N) is 1. The Balaban J connectivity index is 3.33. The van der Waals surface area contributed by atoms with E-state index in [1.807, 2.05) is 0 Å². The first-order chi connectivity index (χ1) is 6.84. The fraction of sp³-hybridized carbons (Fsp3) is 0.333. The van der Waals surface area contributed by atoms with Crippen LogP contribution in [-0.4, -0.2) is 19.2 Å². The molecule has 0 N–H and O–H groups in total. The fourth-order valence-electron chi connectivity index (χ4n) is 1.49. The molecule has 0 unspecified atom stereocenters. The summed E-state index contributed by atoms with van der Waals surface area (Å²) in [6.07, 6.45) is 0. The van der Waals surface area contributed by atoms with Gasteiger partial charge in [-0.15, -0.1) is 0 Å². The summed E-state index contributed by atoms with van der Waals surface area (Å²) in [6.45, 7) is 3.25. The maximum atomic E-state index is 11.6. The Labute approximate surface area is 87.8 Å². The lowest BCUT2D eigenvalue weighted by molar-refractivity contribution is -0.458. The van der Waals surface area contributed by atoms with Crippen LogP contribution in [0.25, 0.3) is 0 Å². The summed E-state index contributed by atoms with van der Waals surface area (Å²) in [4.78, 5) is 9.48. The molecule has 0 saturated heterocycles. The Bertz CT molecular complexity index is 473. The van der Waals surface area contributed by atoms with Crippen LogP contribution in [0, 0.1) is 24.0 Å². The Morgan fingerprint density at radius 2 is 1.73 bits per heavy atom. The van der Waals surface area contributed by atoms with Gasteiger partial charge in [0.15, 0.2) is 0 Å². The molecule has 1 aromatic rings. The average molecular weight is 229 g/mol. The van der Waals surface area contributed by atoms with Crippen molar-refractivity contribution in [2.75, 3.05) is 5.88 Å². The van der Waals surface area contributed by atoms with E-state index >= 15 is 0 Å². The van der Waals surface area contributed by atoms with E-state index in [1.54, 1.807) is 32.0 Å². The predicted octanol–water partition coefficient (Wildman–Crippen LogP) is 1.31. The molecule has 0 atom stereocenters. The summed E-state index contributed by atoms with van der Waals surface area (Å²) in [5.41, 5.74) is 1.08. The lowest BCUT2D eigenvalue weighted by Gasteiger charge is -2.07. The summed E-state index contributed by atoms with van der Waals surface area (Å²) < 4.78 is 23.3. The monoisotopic (exact) mass is 229 g/mol. The summed E-state index contributed by atoms with van der Waals surface area (Å²) >= 11 is 0. The van der Waals surface area contributed by atoms with E-state index in [0.717, 1.165) is 0 Å². The van der Waals surface area contributed by atoms with Gasteiger partial charge in [0.25, 0.3) is 0 Å². The number of rotatable bonds is 3. The van der Waals surface area contributed by atoms with E-state index in [9.17, 15) is 18.5 Å². The van der Waals surface area contributed by atoms with Gasteiger partial charge >= 0.3 is 5.88 Å². The summed E-state index contributed by atoms with van der Waals surface area (Å²) in [6, 6.07) is 4.97. The molecule has 82 valence electrons. The van der Waals surface area contributed by atoms with Gasteiger partial charge in [-0.05, 0) is 25.0 Å². The summed E-state index contributed by atoms with van der Waals surface area (Å²) in [5, 5.41) is 10.2. The third kappa shape index (κ3) is 2.53. The largest absolute Gasteiger partial charge is 0.305 e. The van der Waals surface area contributed by atoms with Gasteiger partial charge < -0.3 is 0 Å². The van der Waals surface area contributed by atoms with Gasteiger partial charge in [-0.3, -0.25) is 10.1 Å². The zero-order valence-corrected chi connectivity index (χ0v) is 9.24. The van der Waals surface area contributed by atoms with Crippen LogP contribution in [-0.2, 0) is 9.84 Å². The van der Waals surface area contributed by atoms with E-state index in [-0.39, 0.29) is 4.90 Å². The molecule has 6 heteroatoms. The van der Waals surface area contributed by atoms with Gasteiger partial charge in [-0.1, -0.05) is 18.2 Å². The van der Waals surface area contributed by atoms with Crippen LogP contribution in [0.3, 0.4) is 0 Å². The molecule has 0 aliphatic rings. The van der Waals surface area contributed by atoms with Gasteiger partial charge in [0, 0.05) is 4.92 Å². The van der Waals surface area contributed by atoms with Crippen molar-refractivity contribution < 1.29 is 13.3 Å². The van der Waals surface area contributed by atoms with Gasteiger partial charge in [-0.25, -0.2) is 8.42 Å². The maximum Gasteiger partial charge on any atom is 0.305 e. The van der Waals surface area contributed by atoms with Gasteiger partial charge in [0.05, 0.1) is 4.90 Å². The van der Waals surface area contributed by atoms with E-state index in [1.165, 1.54) is 0 Å². The highest BCUT2D eigenvalue weighted by atomic mass is 32.2. The lowest BCUT2D eigenvalue weighted by Crippen LogP contribution is -2.16. The molecule has 1 rings (SSSR count). The minimum atomic E-state index is -3.82. The van der Waals surface area contributed by atoms with Gasteiger partial charge in [-0.2, -0.15) is 0 Å². The summed E-state index contributed by atoms with van der Waals surface area (Å²) in [5.74, 6) is -1.06. The predicted molar refractivity (Wildman–Crippen MR) is 55.0 cm³/mol. The second-order valence-corrected chi connectivity index (χ2v) is 5.19. The Kier molecular flexibility index (Phi) is 3.09. The van der Waals surface area contributed by atoms with Crippen molar-refractivity contribution in [3.05, 3.63) is 39.4 Å². The van der Waals surface area contributed by atoms with Crippen molar-refractivity contribution in [1.82, 2.24) is 0 Å². The van der Waals surface area contributed by atoms with E-state index in [2.05, 4.69) is 0 Å². The van der Waals surface area contributed by atoms with Crippen molar-refractivity contribution in [3.8, 4) is 0 Å². The second-order valence-electron chi connectivity index (χ2n) is 3.30. The van der Waals surface area contributed by atoms with Crippen LogP contribution in [0.5, 0.6) is 0 Å². The number of nitro groups is 1. The normalized spacial score (nSPS) is 11.3. The zero-order valence-electron chi connectivity index (χ0n) is 8.43. The third-order valence-electron chi connectivity index (χ3n) is 2.00. The van der Waals surface area contributed by atoms with Crippen LogP contribution >= 0.6 is 0 Å². The first-order valence-corrected chi connectivity index (χ1v) is 5.90. The SMILES string of the molecule is Cc1cccc(C)c1S(=O)(=O)C[N+](=O)[O-]. The number of hydrogen-bond donors (Lipinski definition) is 0. The second kappa shape index (κ2) is 3.98. The molecule has 5 nitrogen and oxygen atoms in total. The number of hydrogen-bond acceptors (Lipinski definition) is 4. The molecule has 0 aliphatic carbocycles. The molecule has 1 aromatic carbocycles. The van der Waals surface area contributed by atoms with Crippen molar-refractivity contribution in [3.63, 3.8) is 0 Å². The smallest absolute Gasteiger partial charge is 0.263 e. The first-order valence-electron chi connectivity index (χ1n) is 4.25. The molecule has 0 fully saturated rings. The highest BCUT2D eigenvalue weighted by molar-refractivity contribution is 7.91. The first kappa shape index (κ1) is 11.6. The molecule has 0 heterocycles.